The van der Waals surface area contributed by atoms with Crippen molar-refractivity contribution in [1.29, 1.82) is 0 Å². The lowest BCUT2D eigenvalue weighted by Crippen LogP contribution is -2.15. The summed E-state index contributed by atoms with van der Waals surface area (Å²) in [5.74, 6) is -0.0204. The van der Waals surface area contributed by atoms with Gasteiger partial charge in [0.15, 0.2) is 0 Å². The highest BCUT2D eigenvalue weighted by Crippen LogP contribution is 2.24. The smallest absolute Gasteiger partial charge is 0.231 e. The topological polar surface area (TPSA) is 54.9 Å². The molecular weight excluding hydrogens is 381 g/mol. The molecule has 116 valence electrons. The average molecular weight is 392 g/mol. The number of rotatable bonds is 4. The van der Waals surface area contributed by atoms with E-state index in [0.29, 0.717) is 22.1 Å². The van der Waals surface area contributed by atoms with Crippen LogP contribution in [0.1, 0.15) is 5.69 Å². The number of nitrogens with one attached hydrogen (secondary N) is 1. The number of carbonyl (C=O) groups is 1. The highest BCUT2D eigenvalue weighted by Gasteiger charge is 2.10. The predicted molar refractivity (Wildman–Crippen MR) is 91.8 cm³/mol. The summed E-state index contributed by atoms with van der Waals surface area (Å²) >= 11 is 4.67. The summed E-state index contributed by atoms with van der Waals surface area (Å²) in [5, 5.41) is 5.20. The van der Waals surface area contributed by atoms with Gasteiger partial charge >= 0.3 is 0 Å². The SMILES string of the molecule is O=C(Cc1csc(-c2cccc(F)c2)n1)Nc1ccc(Br)cn1. The van der Waals surface area contributed by atoms with Crippen LogP contribution < -0.4 is 5.32 Å². The molecule has 0 atom stereocenters. The van der Waals surface area contributed by atoms with Crippen molar-refractivity contribution < 1.29 is 9.18 Å². The Kier molecular flexibility index (Phi) is 4.78. The maximum atomic E-state index is 13.2. The van der Waals surface area contributed by atoms with E-state index in [9.17, 15) is 9.18 Å². The molecule has 1 aromatic carbocycles. The Morgan fingerprint density at radius 3 is 2.91 bits per heavy atom. The quantitative estimate of drug-likeness (QED) is 0.721. The van der Waals surface area contributed by atoms with Gasteiger partial charge in [0.2, 0.25) is 5.91 Å². The lowest BCUT2D eigenvalue weighted by molar-refractivity contribution is -0.115. The van der Waals surface area contributed by atoms with E-state index in [2.05, 4.69) is 31.2 Å². The normalized spacial score (nSPS) is 10.5. The number of halogens is 2. The number of carbonyl (C=O) groups excluding carboxylic acids is 1. The van der Waals surface area contributed by atoms with E-state index in [1.54, 1.807) is 35.8 Å². The largest absolute Gasteiger partial charge is 0.310 e. The lowest BCUT2D eigenvalue weighted by atomic mass is 10.2. The summed E-state index contributed by atoms with van der Waals surface area (Å²) in [5.41, 5.74) is 1.35. The van der Waals surface area contributed by atoms with Crippen molar-refractivity contribution in [1.82, 2.24) is 9.97 Å². The molecule has 0 unspecified atom stereocenters. The molecule has 2 aromatic heterocycles. The number of hydrogen-bond donors (Lipinski definition) is 1. The van der Waals surface area contributed by atoms with Crippen LogP contribution in [0, 0.1) is 5.82 Å². The molecule has 1 N–H and O–H groups in total. The van der Waals surface area contributed by atoms with Gasteiger partial charge in [-0.3, -0.25) is 4.79 Å². The van der Waals surface area contributed by atoms with Crippen LogP contribution in [0.15, 0.2) is 52.4 Å². The maximum absolute atomic E-state index is 13.2. The van der Waals surface area contributed by atoms with Gasteiger partial charge in [0.1, 0.15) is 16.6 Å². The van der Waals surface area contributed by atoms with Crippen molar-refractivity contribution in [2.45, 2.75) is 6.42 Å². The predicted octanol–water partition coefficient (Wildman–Crippen LogP) is 4.29. The first-order chi connectivity index (χ1) is 11.1. The number of hydrogen-bond acceptors (Lipinski definition) is 4. The molecule has 0 radical (unpaired) electrons. The Hall–Kier alpha value is -2.12. The molecule has 2 heterocycles. The van der Waals surface area contributed by atoms with Crippen LogP contribution in [0.25, 0.3) is 10.6 Å². The molecule has 0 aliphatic carbocycles. The summed E-state index contributed by atoms with van der Waals surface area (Å²) in [6.07, 6.45) is 1.75. The van der Waals surface area contributed by atoms with Crippen molar-refractivity contribution >= 4 is 39.0 Å². The van der Waals surface area contributed by atoms with E-state index in [1.807, 2.05) is 0 Å². The third kappa shape index (κ3) is 4.20. The van der Waals surface area contributed by atoms with Crippen molar-refractivity contribution in [2.75, 3.05) is 5.32 Å². The molecule has 0 spiro atoms. The first kappa shape index (κ1) is 15.8. The zero-order valence-corrected chi connectivity index (χ0v) is 14.2. The van der Waals surface area contributed by atoms with Crippen LogP contribution in [0.4, 0.5) is 10.2 Å². The first-order valence-electron chi connectivity index (χ1n) is 6.72. The second kappa shape index (κ2) is 6.97. The van der Waals surface area contributed by atoms with E-state index in [-0.39, 0.29) is 18.1 Å². The molecule has 0 bridgehead atoms. The second-order valence-electron chi connectivity index (χ2n) is 4.74. The third-order valence-electron chi connectivity index (χ3n) is 2.96. The van der Waals surface area contributed by atoms with Crippen LogP contribution in [0.3, 0.4) is 0 Å². The Morgan fingerprint density at radius 1 is 1.30 bits per heavy atom. The van der Waals surface area contributed by atoms with Gasteiger partial charge in [-0.25, -0.2) is 14.4 Å². The van der Waals surface area contributed by atoms with Crippen molar-refractivity contribution in [3.05, 3.63) is 64.0 Å². The van der Waals surface area contributed by atoms with Crippen LogP contribution in [0.5, 0.6) is 0 Å². The molecule has 3 rings (SSSR count). The number of anilines is 1. The zero-order valence-electron chi connectivity index (χ0n) is 11.8. The molecular formula is C16H11BrFN3OS. The summed E-state index contributed by atoms with van der Waals surface area (Å²) in [7, 11) is 0. The van der Waals surface area contributed by atoms with Crippen molar-refractivity contribution in [2.24, 2.45) is 0 Å². The van der Waals surface area contributed by atoms with Crippen LogP contribution in [-0.4, -0.2) is 15.9 Å². The Labute approximate surface area is 144 Å². The fourth-order valence-corrected chi connectivity index (χ4v) is 2.99. The number of thiazole rings is 1. The highest BCUT2D eigenvalue weighted by molar-refractivity contribution is 9.10. The summed E-state index contributed by atoms with van der Waals surface area (Å²) in [4.78, 5) is 20.5. The molecule has 0 saturated heterocycles. The standard InChI is InChI=1S/C16H11BrFN3OS/c17-11-4-5-14(19-8-11)21-15(22)7-13-9-23-16(20-13)10-2-1-3-12(18)6-10/h1-6,8-9H,7H2,(H,19,21,22). The number of benzene rings is 1. The molecule has 3 aromatic rings. The Balaban J connectivity index is 1.66. The minimum Gasteiger partial charge on any atom is -0.310 e. The van der Waals surface area contributed by atoms with Gasteiger partial charge in [-0.2, -0.15) is 0 Å². The van der Waals surface area contributed by atoms with Gasteiger partial charge in [0.05, 0.1) is 12.1 Å². The summed E-state index contributed by atoms with van der Waals surface area (Å²) in [6.45, 7) is 0. The van der Waals surface area contributed by atoms with E-state index in [0.717, 1.165) is 4.47 Å². The van der Waals surface area contributed by atoms with E-state index in [1.165, 1.54) is 23.5 Å². The number of aromatic nitrogens is 2. The van der Waals surface area contributed by atoms with Gasteiger partial charge in [0.25, 0.3) is 0 Å². The van der Waals surface area contributed by atoms with E-state index < -0.39 is 0 Å². The van der Waals surface area contributed by atoms with Gasteiger partial charge in [-0.05, 0) is 40.2 Å². The van der Waals surface area contributed by atoms with Gasteiger partial charge in [-0.1, -0.05) is 12.1 Å². The molecule has 0 fully saturated rings. The van der Waals surface area contributed by atoms with E-state index >= 15 is 0 Å². The minimum atomic E-state index is -0.307. The monoisotopic (exact) mass is 391 g/mol. The summed E-state index contributed by atoms with van der Waals surface area (Å²) < 4.78 is 14.1. The molecule has 0 saturated carbocycles. The molecule has 0 aliphatic heterocycles. The summed E-state index contributed by atoms with van der Waals surface area (Å²) in [6, 6.07) is 9.75. The maximum Gasteiger partial charge on any atom is 0.231 e. The molecule has 0 aliphatic rings. The molecule has 23 heavy (non-hydrogen) atoms. The van der Waals surface area contributed by atoms with Gasteiger partial charge in [-0.15, -0.1) is 11.3 Å². The highest BCUT2D eigenvalue weighted by atomic mass is 79.9. The second-order valence-corrected chi connectivity index (χ2v) is 6.51. The van der Waals surface area contributed by atoms with Crippen molar-refractivity contribution in [3.63, 3.8) is 0 Å². The van der Waals surface area contributed by atoms with Gasteiger partial charge in [0, 0.05) is 21.6 Å². The lowest BCUT2D eigenvalue weighted by Gasteiger charge is -2.02. The average Bonchev–Trinajstić information content (AvgIpc) is 2.98. The first-order valence-corrected chi connectivity index (χ1v) is 8.39. The number of amides is 1. The number of nitrogens with zero attached hydrogens (tertiary/aromatic N) is 2. The molecule has 4 nitrogen and oxygen atoms in total. The van der Waals surface area contributed by atoms with Crippen molar-refractivity contribution in [3.8, 4) is 10.6 Å². The van der Waals surface area contributed by atoms with Crippen LogP contribution in [-0.2, 0) is 11.2 Å². The fraction of sp³-hybridized carbons (Fsp3) is 0.0625. The fourth-order valence-electron chi connectivity index (χ4n) is 1.94. The van der Waals surface area contributed by atoms with Crippen LogP contribution >= 0.6 is 27.3 Å². The Bertz CT molecular complexity index is 835. The third-order valence-corrected chi connectivity index (χ3v) is 4.37. The molecule has 7 heteroatoms. The van der Waals surface area contributed by atoms with Crippen LogP contribution in [0.2, 0.25) is 0 Å². The zero-order chi connectivity index (χ0) is 16.2. The number of pyridine rings is 1. The minimum absolute atomic E-state index is 0.142. The Morgan fingerprint density at radius 2 is 2.17 bits per heavy atom. The molecule has 1 amide bonds. The van der Waals surface area contributed by atoms with E-state index in [4.69, 9.17) is 0 Å². The van der Waals surface area contributed by atoms with Gasteiger partial charge < -0.3 is 5.32 Å².